The van der Waals surface area contributed by atoms with Gasteiger partial charge in [-0.25, -0.2) is 8.78 Å². The van der Waals surface area contributed by atoms with Gasteiger partial charge in [-0.15, -0.1) is 0 Å². The maximum Gasteiger partial charge on any atom is 0.201 e. The molecular formula is C19H21F3O. The van der Waals surface area contributed by atoms with Crippen LogP contribution in [0.3, 0.4) is 0 Å². The minimum Gasteiger partial charge on any atom is -0.490 e. The van der Waals surface area contributed by atoms with Crippen molar-refractivity contribution in [3.8, 4) is 16.9 Å². The van der Waals surface area contributed by atoms with Gasteiger partial charge in [-0.05, 0) is 36.1 Å². The second kappa shape index (κ2) is 8.04. The molecule has 0 saturated carbocycles. The smallest absolute Gasteiger partial charge is 0.201 e. The van der Waals surface area contributed by atoms with E-state index in [0.29, 0.717) is 24.2 Å². The van der Waals surface area contributed by atoms with Crippen LogP contribution in [0, 0.1) is 11.6 Å². The Bertz CT molecular complexity index is 638. The van der Waals surface area contributed by atoms with Gasteiger partial charge in [0.05, 0.1) is 6.61 Å². The van der Waals surface area contributed by atoms with Crippen molar-refractivity contribution in [2.45, 2.75) is 39.3 Å². The van der Waals surface area contributed by atoms with Gasteiger partial charge in [0.15, 0.2) is 11.6 Å². The SMILES string of the molecule is CCCCOc1ccc(-c2ccc(C(F)CC)cc2)c(F)c1F. The number of unbranched alkanes of at least 4 members (excludes halogenated alkanes) is 1. The molecule has 0 bridgehead atoms. The van der Waals surface area contributed by atoms with Crippen LogP contribution in [0.1, 0.15) is 44.8 Å². The molecule has 0 fully saturated rings. The lowest BCUT2D eigenvalue weighted by Crippen LogP contribution is -2.01. The van der Waals surface area contributed by atoms with Crippen LogP contribution >= 0.6 is 0 Å². The first-order valence-corrected chi connectivity index (χ1v) is 7.93. The van der Waals surface area contributed by atoms with E-state index in [1.807, 2.05) is 6.92 Å². The summed E-state index contributed by atoms with van der Waals surface area (Å²) < 4.78 is 47.2. The van der Waals surface area contributed by atoms with Crippen molar-refractivity contribution in [2.24, 2.45) is 0 Å². The van der Waals surface area contributed by atoms with Crippen LogP contribution in [0.5, 0.6) is 5.75 Å². The highest BCUT2D eigenvalue weighted by molar-refractivity contribution is 5.65. The molecule has 0 heterocycles. The van der Waals surface area contributed by atoms with E-state index < -0.39 is 17.8 Å². The second-order valence-electron chi connectivity index (χ2n) is 5.44. The van der Waals surface area contributed by atoms with Gasteiger partial charge in [0.25, 0.3) is 0 Å². The molecule has 0 aromatic heterocycles. The summed E-state index contributed by atoms with van der Waals surface area (Å²) in [6.07, 6.45) is 1.04. The van der Waals surface area contributed by atoms with Crippen molar-refractivity contribution in [2.75, 3.05) is 6.61 Å². The fourth-order valence-electron chi connectivity index (χ4n) is 2.30. The summed E-state index contributed by atoms with van der Waals surface area (Å²) in [4.78, 5) is 0. The average Bonchev–Trinajstić information content (AvgIpc) is 2.58. The molecule has 0 N–H and O–H groups in total. The second-order valence-corrected chi connectivity index (χ2v) is 5.44. The fourth-order valence-corrected chi connectivity index (χ4v) is 2.30. The summed E-state index contributed by atoms with van der Waals surface area (Å²) in [5.41, 5.74) is 1.19. The summed E-state index contributed by atoms with van der Waals surface area (Å²) in [7, 11) is 0. The van der Waals surface area contributed by atoms with Gasteiger partial charge in [-0.1, -0.05) is 44.5 Å². The first-order chi connectivity index (χ1) is 11.1. The van der Waals surface area contributed by atoms with E-state index in [-0.39, 0.29) is 11.3 Å². The molecule has 1 unspecified atom stereocenters. The standard InChI is InChI=1S/C19H21F3O/c1-3-5-12-23-17-11-10-15(18(21)19(17)22)13-6-8-14(9-7-13)16(20)4-2/h6-11,16H,3-5,12H2,1-2H3. The molecule has 2 aromatic carbocycles. The van der Waals surface area contributed by atoms with E-state index in [0.717, 1.165) is 12.8 Å². The number of benzene rings is 2. The van der Waals surface area contributed by atoms with E-state index in [1.165, 1.54) is 12.1 Å². The van der Waals surface area contributed by atoms with E-state index in [2.05, 4.69) is 0 Å². The molecule has 1 nitrogen and oxygen atoms in total. The van der Waals surface area contributed by atoms with Gasteiger partial charge < -0.3 is 4.74 Å². The highest BCUT2D eigenvalue weighted by Crippen LogP contribution is 2.31. The molecule has 23 heavy (non-hydrogen) atoms. The van der Waals surface area contributed by atoms with Crippen LogP contribution in [0.25, 0.3) is 11.1 Å². The van der Waals surface area contributed by atoms with E-state index in [9.17, 15) is 13.2 Å². The molecule has 2 aromatic rings. The summed E-state index contributed by atoms with van der Waals surface area (Å²) >= 11 is 0. The molecule has 0 radical (unpaired) electrons. The molecule has 2 rings (SSSR count). The monoisotopic (exact) mass is 322 g/mol. The molecular weight excluding hydrogens is 301 g/mol. The Kier molecular flexibility index (Phi) is 6.08. The van der Waals surface area contributed by atoms with Crippen molar-refractivity contribution in [1.82, 2.24) is 0 Å². The highest BCUT2D eigenvalue weighted by atomic mass is 19.2. The number of ether oxygens (including phenoxy) is 1. The normalized spacial score (nSPS) is 12.2. The predicted molar refractivity (Wildman–Crippen MR) is 86.3 cm³/mol. The van der Waals surface area contributed by atoms with Crippen LogP contribution in [0.2, 0.25) is 0 Å². The molecule has 1 atom stereocenters. The molecule has 0 amide bonds. The van der Waals surface area contributed by atoms with Crippen LogP contribution < -0.4 is 4.74 Å². The summed E-state index contributed by atoms with van der Waals surface area (Å²) in [6.45, 7) is 4.11. The maximum absolute atomic E-state index is 14.3. The Hall–Kier alpha value is -1.97. The Morgan fingerprint density at radius 2 is 1.65 bits per heavy atom. The third kappa shape index (κ3) is 4.06. The zero-order valence-electron chi connectivity index (χ0n) is 13.4. The molecule has 0 aliphatic carbocycles. The van der Waals surface area contributed by atoms with Crippen molar-refractivity contribution >= 4 is 0 Å². The molecule has 0 aliphatic rings. The molecule has 0 spiro atoms. The third-order valence-corrected chi connectivity index (χ3v) is 3.74. The fraction of sp³-hybridized carbons (Fsp3) is 0.368. The lowest BCUT2D eigenvalue weighted by Gasteiger charge is -2.11. The lowest BCUT2D eigenvalue weighted by molar-refractivity contribution is 0.289. The number of halogens is 3. The van der Waals surface area contributed by atoms with E-state index >= 15 is 0 Å². The van der Waals surface area contributed by atoms with Gasteiger partial charge in [-0.2, -0.15) is 4.39 Å². The third-order valence-electron chi connectivity index (χ3n) is 3.74. The first-order valence-electron chi connectivity index (χ1n) is 7.93. The lowest BCUT2D eigenvalue weighted by atomic mass is 10.0. The molecule has 0 saturated heterocycles. The first kappa shape index (κ1) is 17.4. The van der Waals surface area contributed by atoms with E-state index in [1.54, 1.807) is 31.2 Å². The topological polar surface area (TPSA) is 9.23 Å². The van der Waals surface area contributed by atoms with Crippen LogP contribution in [-0.2, 0) is 0 Å². The van der Waals surface area contributed by atoms with Gasteiger partial charge in [0, 0.05) is 5.56 Å². The van der Waals surface area contributed by atoms with Crippen molar-refractivity contribution < 1.29 is 17.9 Å². The minimum atomic E-state index is -1.04. The quantitative estimate of drug-likeness (QED) is 0.549. The highest BCUT2D eigenvalue weighted by Gasteiger charge is 2.16. The van der Waals surface area contributed by atoms with Gasteiger partial charge in [-0.3, -0.25) is 0 Å². The van der Waals surface area contributed by atoms with Gasteiger partial charge in [0.1, 0.15) is 6.17 Å². The number of alkyl halides is 1. The van der Waals surface area contributed by atoms with Gasteiger partial charge >= 0.3 is 0 Å². The van der Waals surface area contributed by atoms with Crippen molar-refractivity contribution in [3.05, 3.63) is 53.6 Å². The number of hydrogen-bond donors (Lipinski definition) is 0. The Labute approximate surface area is 135 Å². The Morgan fingerprint density at radius 3 is 2.26 bits per heavy atom. The minimum absolute atomic E-state index is 0.0777. The zero-order chi connectivity index (χ0) is 16.8. The van der Waals surface area contributed by atoms with Crippen molar-refractivity contribution in [3.63, 3.8) is 0 Å². The number of rotatable bonds is 7. The summed E-state index contributed by atoms with van der Waals surface area (Å²) in [6, 6.07) is 9.34. The largest absolute Gasteiger partial charge is 0.490 e. The maximum atomic E-state index is 14.3. The Balaban J connectivity index is 2.24. The molecule has 0 aliphatic heterocycles. The predicted octanol–water partition coefficient (Wildman–Crippen LogP) is 6.23. The zero-order valence-corrected chi connectivity index (χ0v) is 13.4. The van der Waals surface area contributed by atoms with Crippen LogP contribution in [-0.4, -0.2) is 6.61 Å². The molecule has 124 valence electrons. The summed E-state index contributed by atoms with van der Waals surface area (Å²) in [5.74, 6) is -2.01. The average molecular weight is 322 g/mol. The Morgan fingerprint density at radius 1 is 0.957 bits per heavy atom. The summed E-state index contributed by atoms with van der Waals surface area (Å²) in [5, 5.41) is 0. The number of hydrogen-bond acceptors (Lipinski definition) is 1. The molecule has 4 heteroatoms. The van der Waals surface area contributed by atoms with E-state index in [4.69, 9.17) is 4.74 Å². The van der Waals surface area contributed by atoms with Crippen LogP contribution in [0.15, 0.2) is 36.4 Å². The van der Waals surface area contributed by atoms with Gasteiger partial charge in [0.2, 0.25) is 5.82 Å². The van der Waals surface area contributed by atoms with Crippen molar-refractivity contribution in [1.29, 1.82) is 0 Å². The van der Waals surface area contributed by atoms with Crippen LogP contribution in [0.4, 0.5) is 13.2 Å².